The van der Waals surface area contributed by atoms with E-state index in [1.807, 2.05) is 50.2 Å². The van der Waals surface area contributed by atoms with Gasteiger partial charge in [-0.05, 0) is 37.6 Å². The Bertz CT molecular complexity index is 1160. The smallest absolute Gasteiger partial charge is 0.307 e. The lowest BCUT2D eigenvalue weighted by Gasteiger charge is -2.18. The standard InChI is InChI=1S/C23H25N3O4S/c1-4-17(22(29)24-14-13-20(27)30-3)26-18-7-5-6-8-19(18)31-23(26)25-21(28)16-11-9-15(2)10-12-16/h5-12,17H,4,13-14H2,1-3H3,(H,24,29). The van der Waals surface area contributed by atoms with Crippen LogP contribution in [0, 0.1) is 6.92 Å². The normalized spacial score (nSPS) is 12.5. The summed E-state index contributed by atoms with van der Waals surface area (Å²) in [6.07, 6.45) is 0.591. The number of hydrogen-bond donors (Lipinski definition) is 1. The van der Waals surface area contributed by atoms with E-state index in [4.69, 9.17) is 0 Å². The number of amides is 2. The Hall–Kier alpha value is -3.26. The van der Waals surface area contributed by atoms with Gasteiger partial charge in [0.15, 0.2) is 4.80 Å². The van der Waals surface area contributed by atoms with Crippen molar-refractivity contribution in [3.05, 3.63) is 64.5 Å². The molecule has 8 heteroatoms. The zero-order valence-electron chi connectivity index (χ0n) is 17.8. The van der Waals surface area contributed by atoms with Gasteiger partial charge in [0.25, 0.3) is 5.91 Å². The number of hydrogen-bond acceptors (Lipinski definition) is 5. The molecule has 1 atom stereocenters. The number of rotatable bonds is 7. The molecule has 31 heavy (non-hydrogen) atoms. The van der Waals surface area contributed by atoms with Crippen molar-refractivity contribution in [1.29, 1.82) is 0 Å². The van der Waals surface area contributed by atoms with Gasteiger partial charge in [-0.25, -0.2) is 0 Å². The van der Waals surface area contributed by atoms with Crippen LogP contribution in [0.15, 0.2) is 53.5 Å². The Morgan fingerprint density at radius 3 is 2.52 bits per heavy atom. The van der Waals surface area contributed by atoms with E-state index in [2.05, 4.69) is 15.0 Å². The summed E-state index contributed by atoms with van der Waals surface area (Å²) >= 11 is 1.36. The second-order valence-electron chi connectivity index (χ2n) is 7.05. The lowest BCUT2D eigenvalue weighted by Crippen LogP contribution is -2.37. The van der Waals surface area contributed by atoms with Gasteiger partial charge < -0.3 is 14.6 Å². The van der Waals surface area contributed by atoms with Gasteiger partial charge in [-0.1, -0.05) is 48.1 Å². The van der Waals surface area contributed by atoms with E-state index in [0.29, 0.717) is 16.8 Å². The number of thiazole rings is 1. The molecule has 0 aliphatic carbocycles. The quantitative estimate of drug-likeness (QED) is 0.572. The second-order valence-corrected chi connectivity index (χ2v) is 8.06. The van der Waals surface area contributed by atoms with Crippen LogP contribution < -0.4 is 10.1 Å². The molecule has 1 N–H and O–H groups in total. The lowest BCUT2D eigenvalue weighted by molar-refractivity contribution is -0.140. The Morgan fingerprint density at radius 2 is 1.84 bits per heavy atom. The Balaban J connectivity index is 1.99. The van der Waals surface area contributed by atoms with Crippen molar-refractivity contribution < 1.29 is 19.1 Å². The van der Waals surface area contributed by atoms with E-state index in [9.17, 15) is 14.4 Å². The summed E-state index contributed by atoms with van der Waals surface area (Å²) in [4.78, 5) is 41.9. The molecule has 162 valence electrons. The number of carbonyl (C=O) groups is 3. The fourth-order valence-electron chi connectivity index (χ4n) is 3.21. The summed E-state index contributed by atoms with van der Waals surface area (Å²) in [5.74, 6) is -0.984. The van der Waals surface area contributed by atoms with Gasteiger partial charge in [0.1, 0.15) is 6.04 Å². The predicted octanol–water partition coefficient (Wildman–Crippen LogP) is 3.38. The second kappa shape index (κ2) is 10.2. The SMILES string of the molecule is CCC(C(=O)NCCC(=O)OC)n1c(=NC(=O)c2ccc(C)cc2)sc2ccccc21. The fourth-order valence-corrected chi connectivity index (χ4v) is 4.28. The predicted molar refractivity (Wildman–Crippen MR) is 120 cm³/mol. The molecule has 7 nitrogen and oxygen atoms in total. The Kier molecular flexibility index (Phi) is 7.36. The molecular formula is C23H25N3O4S. The molecule has 2 aromatic carbocycles. The third-order valence-corrected chi connectivity index (χ3v) is 5.92. The molecule has 0 saturated heterocycles. The van der Waals surface area contributed by atoms with E-state index >= 15 is 0 Å². The molecular weight excluding hydrogens is 414 g/mol. The molecule has 0 aliphatic heterocycles. The van der Waals surface area contributed by atoms with Crippen LogP contribution >= 0.6 is 11.3 Å². The van der Waals surface area contributed by atoms with Crippen molar-refractivity contribution in [1.82, 2.24) is 9.88 Å². The average Bonchev–Trinajstić information content (AvgIpc) is 3.12. The van der Waals surface area contributed by atoms with E-state index < -0.39 is 6.04 Å². The molecule has 1 aromatic heterocycles. The summed E-state index contributed by atoms with van der Waals surface area (Å²) in [6, 6.07) is 14.3. The maximum absolute atomic E-state index is 12.9. The first-order valence-corrected chi connectivity index (χ1v) is 10.9. The van der Waals surface area contributed by atoms with E-state index in [0.717, 1.165) is 15.8 Å². The fraction of sp³-hybridized carbons (Fsp3) is 0.304. The molecule has 3 rings (SSSR count). The van der Waals surface area contributed by atoms with Gasteiger partial charge >= 0.3 is 5.97 Å². The largest absolute Gasteiger partial charge is 0.469 e. The van der Waals surface area contributed by atoms with E-state index in [1.165, 1.54) is 18.4 Å². The number of nitrogens with zero attached hydrogens (tertiary/aromatic N) is 2. The lowest BCUT2D eigenvalue weighted by atomic mass is 10.1. The minimum absolute atomic E-state index is 0.0941. The number of ether oxygens (including phenoxy) is 1. The van der Waals surface area contributed by atoms with Crippen molar-refractivity contribution in [2.24, 2.45) is 4.99 Å². The topological polar surface area (TPSA) is 89.8 Å². The van der Waals surface area contributed by atoms with Crippen LogP contribution in [0.5, 0.6) is 0 Å². The van der Waals surface area contributed by atoms with Crippen molar-refractivity contribution in [3.8, 4) is 0 Å². The van der Waals surface area contributed by atoms with Crippen LogP contribution in [0.3, 0.4) is 0 Å². The highest BCUT2D eigenvalue weighted by atomic mass is 32.1. The minimum atomic E-state index is -0.571. The zero-order chi connectivity index (χ0) is 22.4. The van der Waals surface area contributed by atoms with Crippen LogP contribution in [-0.2, 0) is 14.3 Å². The third-order valence-electron chi connectivity index (χ3n) is 4.88. The Morgan fingerprint density at radius 1 is 1.13 bits per heavy atom. The number of aromatic nitrogens is 1. The maximum atomic E-state index is 12.9. The molecule has 0 radical (unpaired) electrons. The first-order chi connectivity index (χ1) is 14.9. The van der Waals surface area contributed by atoms with Crippen molar-refractivity contribution in [2.75, 3.05) is 13.7 Å². The number of fused-ring (bicyclic) bond motifs is 1. The van der Waals surface area contributed by atoms with E-state index in [1.54, 1.807) is 16.7 Å². The molecule has 1 unspecified atom stereocenters. The summed E-state index contributed by atoms with van der Waals surface area (Å²) < 4.78 is 7.35. The summed E-state index contributed by atoms with van der Waals surface area (Å²) in [6.45, 7) is 4.03. The number of methoxy groups -OCH3 is 1. The summed E-state index contributed by atoms with van der Waals surface area (Å²) in [7, 11) is 1.31. The number of nitrogens with one attached hydrogen (secondary N) is 1. The molecule has 0 bridgehead atoms. The highest BCUT2D eigenvalue weighted by Gasteiger charge is 2.22. The number of esters is 1. The van der Waals surface area contributed by atoms with Gasteiger partial charge in [0.2, 0.25) is 5.91 Å². The molecule has 0 spiro atoms. The van der Waals surface area contributed by atoms with Gasteiger partial charge in [0, 0.05) is 12.1 Å². The zero-order valence-corrected chi connectivity index (χ0v) is 18.6. The summed E-state index contributed by atoms with van der Waals surface area (Å²) in [5, 5.41) is 2.79. The molecule has 0 saturated carbocycles. The molecule has 0 aliphatic rings. The van der Waals surface area contributed by atoms with Crippen molar-refractivity contribution in [3.63, 3.8) is 0 Å². The van der Waals surface area contributed by atoms with Gasteiger partial charge in [-0.15, -0.1) is 0 Å². The van der Waals surface area contributed by atoms with Crippen LogP contribution in [0.25, 0.3) is 10.2 Å². The Labute approximate surface area is 184 Å². The number of aryl methyl sites for hydroxylation is 1. The van der Waals surface area contributed by atoms with Crippen molar-refractivity contribution >= 4 is 39.3 Å². The third kappa shape index (κ3) is 5.27. The molecule has 3 aromatic rings. The van der Waals surface area contributed by atoms with Crippen molar-refractivity contribution in [2.45, 2.75) is 32.7 Å². The van der Waals surface area contributed by atoms with Crippen LogP contribution in [0.2, 0.25) is 0 Å². The minimum Gasteiger partial charge on any atom is -0.469 e. The highest BCUT2D eigenvalue weighted by molar-refractivity contribution is 7.16. The van der Waals surface area contributed by atoms with Gasteiger partial charge in [-0.3, -0.25) is 14.4 Å². The number of benzene rings is 2. The first kappa shape index (κ1) is 22.4. The molecule has 2 amide bonds. The van der Waals surface area contributed by atoms with Gasteiger partial charge in [0.05, 0.1) is 23.7 Å². The maximum Gasteiger partial charge on any atom is 0.307 e. The monoisotopic (exact) mass is 439 g/mol. The van der Waals surface area contributed by atoms with E-state index in [-0.39, 0.29) is 30.7 Å². The highest BCUT2D eigenvalue weighted by Crippen LogP contribution is 2.22. The summed E-state index contributed by atoms with van der Waals surface area (Å²) in [5.41, 5.74) is 2.38. The number of carbonyl (C=O) groups excluding carboxylic acids is 3. The van der Waals surface area contributed by atoms with Gasteiger partial charge in [-0.2, -0.15) is 4.99 Å². The molecule has 1 heterocycles. The van der Waals surface area contributed by atoms with Crippen LogP contribution in [-0.4, -0.2) is 36.0 Å². The first-order valence-electron chi connectivity index (χ1n) is 10.0. The average molecular weight is 440 g/mol. The molecule has 0 fully saturated rings. The van der Waals surface area contributed by atoms with Crippen LogP contribution in [0.1, 0.15) is 41.7 Å². The number of para-hydroxylation sites is 1. The van der Waals surface area contributed by atoms with Crippen LogP contribution in [0.4, 0.5) is 0 Å².